The molecule has 0 aliphatic rings. The van der Waals surface area contributed by atoms with Crippen molar-refractivity contribution in [1.29, 1.82) is 0 Å². The van der Waals surface area contributed by atoms with Crippen LogP contribution >= 0.6 is 0 Å². The lowest BCUT2D eigenvalue weighted by Crippen LogP contribution is -2.53. The summed E-state index contributed by atoms with van der Waals surface area (Å²) in [6.45, 7) is 1.77. The van der Waals surface area contributed by atoms with Crippen LogP contribution in [-0.2, 0) is 4.74 Å². The van der Waals surface area contributed by atoms with Crippen LogP contribution in [0.25, 0.3) is 0 Å². The third-order valence-corrected chi connectivity index (χ3v) is 0.542. The van der Waals surface area contributed by atoms with Gasteiger partial charge in [0.05, 0.1) is 6.54 Å². The molecule has 11 heavy (non-hydrogen) atoms. The Bertz CT molecular complexity index is 87.0. The van der Waals surface area contributed by atoms with Gasteiger partial charge in [-0.05, 0) is 0 Å². The van der Waals surface area contributed by atoms with E-state index in [9.17, 15) is 9.90 Å². The van der Waals surface area contributed by atoms with E-state index >= 15 is 0 Å². The first kappa shape index (κ1) is 12.8. The average molecular weight is 165 g/mol. The molecule has 0 fully saturated rings. The summed E-state index contributed by atoms with van der Waals surface area (Å²) < 4.78 is 3.87. The molecule has 0 saturated heterocycles. The molecule has 0 unspecified atom stereocenters. The topological polar surface area (TPSA) is 129 Å². The van der Waals surface area contributed by atoms with Crippen LogP contribution in [0.1, 0.15) is 0 Å². The van der Waals surface area contributed by atoms with Gasteiger partial charge in [-0.15, -0.1) is 0 Å². The fourth-order valence-corrected chi connectivity index (χ4v) is 0.142. The van der Waals surface area contributed by atoms with E-state index < -0.39 is 6.16 Å². The van der Waals surface area contributed by atoms with Gasteiger partial charge in [0, 0.05) is 19.7 Å². The number of nitrogens with two attached hydrogens (primary N) is 2. The van der Waals surface area contributed by atoms with Gasteiger partial charge >= 0.3 is 0 Å². The minimum atomic E-state index is -1.52. The molecule has 6 nitrogen and oxygen atoms in total. The molecular weight excluding hydrogens is 150 g/mol. The first-order valence-corrected chi connectivity index (χ1v) is 3.22. The summed E-state index contributed by atoms with van der Waals surface area (Å²) in [5.41, 5.74) is 13.3. The lowest BCUT2D eigenvalue weighted by molar-refractivity contribution is -0.363. The SMILES string of the molecule is NCCOC(=O)[O-].NCC[NH3+]. The van der Waals surface area contributed by atoms with E-state index in [4.69, 9.17) is 11.5 Å². The predicted molar refractivity (Wildman–Crippen MR) is 37.2 cm³/mol. The first-order chi connectivity index (χ1) is 5.18. The van der Waals surface area contributed by atoms with Crippen molar-refractivity contribution in [2.75, 3.05) is 26.2 Å². The van der Waals surface area contributed by atoms with Crippen molar-refractivity contribution < 1.29 is 20.4 Å². The zero-order chi connectivity index (χ0) is 9.11. The molecule has 0 radical (unpaired) electrons. The highest BCUT2D eigenvalue weighted by atomic mass is 16.7. The molecule has 0 atom stereocenters. The van der Waals surface area contributed by atoms with Gasteiger partial charge in [-0.2, -0.15) is 0 Å². The zero-order valence-corrected chi connectivity index (χ0v) is 6.41. The van der Waals surface area contributed by atoms with Crippen molar-refractivity contribution in [2.45, 2.75) is 0 Å². The van der Waals surface area contributed by atoms with Crippen LogP contribution in [0.2, 0.25) is 0 Å². The second-order valence-electron chi connectivity index (χ2n) is 1.53. The Balaban J connectivity index is 0. The maximum Gasteiger partial charge on any atom is 0.252 e. The number of hydrogen-bond acceptors (Lipinski definition) is 5. The van der Waals surface area contributed by atoms with Crippen LogP contribution in [0.5, 0.6) is 0 Å². The fraction of sp³-hybridized carbons (Fsp3) is 0.800. The second kappa shape index (κ2) is 11.9. The van der Waals surface area contributed by atoms with Crippen LogP contribution in [0.15, 0.2) is 0 Å². The van der Waals surface area contributed by atoms with E-state index in [1.807, 2.05) is 0 Å². The van der Waals surface area contributed by atoms with Crippen molar-refractivity contribution in [2.24, 2.45) is 11.5 Å². The Morgan fingerprint density at radius 3 is 2.00 bits per heavy atom. The molecule has 0 aliphatic heterocycles. The lowest BCUT2D eigenvalue weighted by atomic mass is 10.7. The average Bonchev–Trinajstić information content (AvgIpc) is 2.01. The van der Waals surface area contributed by atoms with Gasteiger partial charge in [0.2, 0.25) is 0 Å². The van der Waals surface area contributed by atoms with E-state index in [0.29, 0.717) is 6.54 Å². The summed E-state index contributed by atoms with van der Waals surface area (Å²) in [7, 11) is 0. The molecule has 0 aliphatic carbocycles. The van der Waals surface area contributed by atoms with Crippen molar-refractivity contribution in [3.63, 3.8) is 0 Å². The molecule has 0 rings (SSSR count). The molecule has 6 heteroatoms. The Hall–Kier alpha value is -0.850. The fourth-order valence-electron chi connectivity index (χ4n) is 0.142. The molecule has 0 heterocycles. The maximum atomic E-state index is 9.37. The van der Waals surface area contributed by atoms with Gasteiger partial charge in [0.25, 0.3) is 6.16 Å². The normalized spacial score (nSPS) is 7.91. The maximum absolute atomic E-state index is 9.37. The zero-order valence-electron chi connectivity index (χ0n) is 6.41. The van der Waals surface area contributed by atoms with Crippen LogP contribution in [-0.4, -0.2) is 32.4 Å². The summed E-state index contributed by atoms with van der Waals surface area (Å²) in [6, 6.07) is 0. The van der Waals surface area contributed by atoms with E-state index in [1.165, 1.54) is 0 Å². The van der Waals surface area contributed by atoms with Crippen molar-refractivity contribution in [1.82, 2.24) is 0 Å². The third-order valence-electron chi connectivity index (χ3n) is 0.542. The first-order valence-electron chi connectivity index (χ1n) is 3.22. The number of carbonyl (C=O) groups excluding carboxylic acids is 1. The number of carbonyl (C=O) groups is 1. The summed E-state index contributed by atoms with van der Waals surface area (Å²) in [6.07, 6.45) is -1.52. The highest BCUT2D eigenvalue weighted by Crippen LogP contribution is 1.65. The smallest absolute Gasteiger partial charge is 0.252 e. The third kappa shape index (κ3) is 27.2. The summed E-state index contributed by atoms with van der Waals surface area (Å²) in [5.74, 6) is 0. The Kier molecular flexibility index (Phi) is 13.8. The molecule has 7 N–H and O–H groups in total. The standard InChI is InChI=1S/C3H7NO3.C2H8N2/c4-1-2-7-3(5)6;3-1-2-4/h1-2,4H2,(H,5,6);1-4H2. The number of rotatable bonds is 3. The summed E-state index contributed by atoms with van der Waals surface area (Å²) in [4.78, 5) is 9.37. The largest absolute Gasteiger partial charge is 0.548 e. The predicted octanol–water partition coefficient (Wildman–Crippen LogP) is -3.51. The molecule has 0 bridgehead atoms. The number of ether oxygens (including phenoxy) is 1. The number of quaternary nitrogens is 1. The van der Waals surface area contributed by atoms with Crippen LogP contribution in [0, 0.1) is 0 Å². The van der Waals surface area contributed by atoms with Crippen molar-refractivity contribution in [3.05, 3.63) is 0 Å². The van der Waals surface area contributed by atoms with Gasteiger partial charge in [-0.1, -0.05) is 0 Å². The van der Waals surface area contributed by atoms with Gasteiger partial charge in [-0.25, -0.2) is 0 Å². The van der Waals surface area contributed by atoms with Crippen LogP contribution in [0.4, 0.5) is 4.79 Å². The molecule has 0 aromatic rings. The van der Waals surface area contributed by atoms with Crippen LogP contribution in [0.3, 0.4) is 0 Å². The van der Waals surface area contributed by atoms with E-state index in [2.05, 4.69) is 10.5 Å². The Morgan fingerprint density at radius 2 is 1.91 bits per heavy atom. The minimum absolute atomic E-state index is 0.0162. The highest BCUT2D eigenvalue weighted by molar-refractivity contribution is 5.53. The van der Waals surface area contributed by atoms with Crippen molar-refractivity contribution in [3.8, 4) is 0 Å². The molecule has 0 saturated carbocycles. The lowest BCUT2D eigenvalue weighted by Gasteiger charge is -2.02. The van der Waals surface area contributed by atoms with E-state index in [-0.39, 0.29) is 13.2 Å². The molecule has 68 valence electrons. The minimum Gasteiger partial charge on any atom is -0.548 e. The number of carboxylic acid groups (broad SMARTS) is 1. The van der Waals surface area contributed by atoms with Gasteiger partial charge in [0.1, 0.15) is 0 Å². The molecular formula is C5H15N3O3. The quantitative estimate of drug-likeness (QED) is 0.373. The molecule has 0 spiro atoms. The number of hydrogen-bond donors (Lipinski definition) is 3. The van der Waals surface area contributed by atoms with Crippen molar-refractivity contribution >= 4 is 6.16 Å². The molecule has 0 aromatic carbocycles. The Morgan fingerprint density at radius 1 is 1.45 bits per heavy atom. The van der Waals surface area contributed by atoms with Gasteiger partial charge < -0.3 is 31.8 Å². The van der Waals surface area contributed by atoms with Gasteiger partial charge in [0.15, 0.2) is 0 Å². The highest BCUT2D eigenvalue weighted by Gasteiger charge is 1.76. The van der Waals surface area contributed by atoms with Crippen LogP contribution < -0.4 is 22.3 Å². The molecule has 0 aromatic heterocycles. The second-order valence-corrected chi connectivity index (χ2v) is 1.53. The van der Waals surface area contributed by atoms with E-state index in [0.717, 1.165) is 6.54 Å². The summed E-state index contributed by atoms with van der Waals surface area (Å²) in [5, 5.41) is 9.37. The Labute approximate surface area is 65.3 Å². The monoisotopic (exact) mass is 165 g/mol. The molecule has 0 amide bonds. The van der Waals surface area contributed by atoms with E-state index in [1.54, 1.807) is 0 Å². The summed E-state index contributed by atoms with van der Waals surface area (Å²) >= 11 is 0. The van der Waals surface area contributed by atoms with Gasteiger partial charge in [-0.3, -0.25) is 0 Å².